The van der Waals surface area contributed by atoms with Crippen molar-refractivity contribution in [1.29, 1.82) is 0 Å². The molecule has 3 heterocycles. The number of hydrogen-bond acceptors (Lipinski definition) is 5. The molecule has 2 atom stereocenters. The monoisotopic (exact) mass is 408 g/mol. The number of piperidine rings is 1. The zero-order chi connectivity index (χ0) is 20.5. The maximum Gasteiger partial charge on any atom is 0.246 e. The molecule has 0 saturated carbocycles. The molecule has 0 spiro atoms. The molecule has 1 amide bonds. The van der Waals surface area contributed by atoms with Gasteiger partial charge >= 0.3 is 0 Å². The third-order valence-electron chi connectivity index (χ3n) is 5.35. The van der Waals surface area contributed by atoms with Crippen LogP contribution in [0.5, 0.6) is 0 Å². The lowest BCUT2D eigenvalue weighted by atomic mass is 9.98. The van der Waals surface area contributed by atoms with Crippen molar-refractivity contribution in [2.45, 2.75) is 51.1 Å². The lowest BCUT2D eigenvalue weighted by molar-refractivity contribution is -0.126. The number of carbonyl (C=O) groups is 1. The molecule has 1 fully saturated rings. The van der Waals surface area contributed by atoms with Crippen molar-refractivity contribution in [3.63, 3.8) is 0 Å². The summed E-state index contributed by atoms with van der Waals surface area (Å²) in [6.07, 6.45) is 4.57. The maximum atomic E-state index is 13.0. The summed E-state index contributed by atoms with van der Waals surface area (Å²) in [6.45, 7) is 6.97. The highest BCUT2D eigenvalue weighted by molar-refractivity contribution is 7.89. The van der Waals surface area contributed by atoms with Crippen molar-refractivity contribution >= 4 is 15.9 Å². The van der Waals surface area contributed by atoms with Crippen LogP contribution in [0.25, 0.3) is 0 Å². The summed E-state index contributed by atoms with van der Waals surface area (Å²) in [5.41, 5.74) is 1.38. The molecule has 0 unspecified atom stereocenters. The zero-order valence-electron chi connectivity index (χ0n) is 16.8. The molecule has 3 rings (SSSR count). The highest BCUT2D eigenvalue weighted by Crippen LogP contribution is 2.26. The Morgan fingerprint density at radius 2 is 2.18 bits per heavy atom. The summed E-state index contributed by atoms with van der Waals surface area (Å²) in [6, 6.07) is 1.66. The first-order chi connectivity index (χ1) is 13.2. The Balaban J connectivity index is 1.68. The SMILES string of the molecule is CCn1ccc([C@@H](C)NC(=O)[C@H]2CCCN(S(=O)(=O)c3cnn(C)c3C)C2)n1. The van der Waals surface area contributed by atoms with Crippen molar-refractivity contribution in [3.8, 4) is 0 Å². The highest BCUT2D eigenvalue weighted by atomic mass is 32.2. The van der Waals surface area contributed by atoms with Crippen LogP contribution in [0.4, 0.5) is 0 Å². The number of aryl methyl sites for hydroxylation is 2. The van der Waals surface area contributed by atoms with Crippen molar-refractivity contribution in [1.82, 2.24) is 29.2 Å². The fourth-order valence-corrected chi connectivity index (χ4v) is 5.14. The average Bonchev–Trinajstić information content (AvgIpc) is 3.29. The topological polar surface area (TPSA) is 102 Å². The number of aromatic nitrogens is 4. The van der Waals surface area contributed by atoms with E-state index in [2.05, 4.69) is 15.5 Å². The number of carbonyl (C=O) groups excluding carboxylic acids is 1. The Kier molecular flexibility index (Phi) is 5.90. The molecular weight excluding hydrogens is 380 g/mol. The molecule has 28 heavy (non-hydrogen) atoms. The first-order valence-corrected chi connectivity index (χ1v) is 11.0. The molecule has 2 aromatic heterocycles. The van der Waals surface area contributed by atoms with Crippen LogP contribution in [0.2, 0.25) is 0 Å². The Morgan fingerprint density at radius 3 is 2.79 bits per heavy atom. The van der Waals surface area contributed by atoms with Crippen LogP contribution in [-0.2, 0) is 28.4 Å². The van der Waals surface area contributed by atoms with E-state index in [1.165, 1.54) is 15.2 Å². The number of nitrogens with one attached hydrogen (secondary N) is 1. The van der Waals surface area contributed by atoms with Crippen LogP contribution >= 0.6 is 0 Å². The number of rotatable bonds is 6. The second kappa shape index (κ2) is 8.04. The number of hydrogen-bond donors (Lipinski definition) is 1. The summed E-state index contributed by atoms with van der Waals surface area (Å²) in [5, 5.41) is 11.4. The molecule has 1 N–H and O–H groups in total. The molecule has 0 aromatic carbocycles. The summed E-state index contributed by atoms with van der Waals surface area (Å²) in [4.78, 5) is 13.0. The van der Waals surface area contributed by atoms with Crippen molar-refractivity contribution in [2.24, 2.45) is 13.0 Å². The van der Waals surface area contributed by atoms with E-state index in [1.807, 2.05) is 30.8 Å². The van der Waals surface area contributed by atoms with Crippen LogP contribution in [0.1, 0.15) is 44.1 Å². The summed E-state index contributed by atoms with van der Waals surface area (Å²) in [5.74, 6) is -0.516. The van der Waals surface area contributed by atoms with Crippen molar-refractivity contribution in [2.75, 3.05) is 13.1 Å². The summed E-state index contributed by atoms with van der Waals surface area (Å²) < 4.78 is 30.7. The zero-order valence-corrected chi connectivity index (χ0v) is 17.6. The van der Waals surface area contributed by atoms with E-state index in [4.69, 9.17) is 0 Å². The molecule has 1 aliphatic rings. The van der Waals surface area contributed by atoms with Crippen molar-refractivity contribution in [3.05, 3.63) is 29.8 Å². The molecular formula is C18H28N6O3S. The molecule has 10 heteroatoms. The molecule has 1 aliphatic heterocycles. The van der Waals surface area contributed by atoms with Crippen molar-refractivity contribution < 1.29 is 13.2 Å². The quantitative estimate of drug-likeness (QED) is 0.774. The van der Waals surface area contributed by atoms with Gasteiger partial charge < -0.3 is 5.32 Å². The first-order valence-electron chi connectivity index (χ1n) is 9.56. The molecule has 0 radical (unpaired) electrons. The molecule has 2 aromatic rings. The molecule has 154 valence electrons. The van der Waals surface area contributed by atoms with Gasteiger partial charge in [0, 0.05) is 32.9 Å². The fourth-order valence-electron chi connectivity index (χ4n) is 3.44. The first kappa shape index (κ1) is 20.5. The normalized spacial score (nSPS) is 19.5. The standard InChI is InChI=1S/C18H28N6O3S/c1-5-23-10-8-16(21-23)13(2)20-18(25)15-7-6-9-24(12-15)28(26,27)17-11-19-22(4)14(17)3/h8,10-11,13,15H,5-7,9,12H2,1-4H3,(H,20,25)/t13-,15+/m1/s1. The van der Waals surface area contributed by atoms with E-state index in [9.17, 15) is 13.2 Å². The predicted octanol–water partition coefficient (Wildman–Crippen LogP) is 1.22. The minimum absolute atomic E-state index is 0.138. The molecule has 0 aliphatic carbocycles. The van der Waals surface area contributed by atoms with Gasteiger partial charge in [0.25, 0.3) is 0 Å². The minimum atomic E-state index is -3.66. The smallest absolute Gasteiger partial charge is 0.246 e. The van der Waals surface area contributed by atoms with Gasteiger partial charge in [-0.05, 0) is 39.7 Å². The van der Waals surface area contributed by atoms with Gasteiger partial charge in [-0.1, -0.05) is 0 Å². The van der Waals surface area contributed by atoms with E-state index >= 15 is 0 Å². The Bertz CT molecular complexity index is 948. The summed E-state index contributed by atoms with van der Waals surface area (Å²) in [7, 11) is -1.95. The van der Waals surface area contributed by atoms with Gasteiger partial charge in [0.2, 0.25) is 15.9 Å². The number of nitrogens with zero attached hydrogens (tertiary/aromatic N) is 5. The lowest BCUT2D eigenvalue weighted by Gasteiger charge is -2.31. The van der Waals surface area contributed by atoms with E-state index in [0.717, 1.165) is 12.2 Å². The third kappa shape index (κ3) is 3.97. The molecule has 1 saturated heterocycles. The predicted molar refractivity (Wildman–Crippen MR) is 104 cm³/mol. The van der Waals surface area contributed by atoms with Crippen LogP contribution in [0.15, 0.2) is 23.4 Å². The Morgan fingerprint density at radius 1 is 1.43 bits per heavy atom. The molecule has 9 nitrogen and oxygen atoms in total. The number of sulfonamides is 1. The second-order valence-corrected chi connectivity index (χ2v) is 9.15. The molecule has 0 bridgehead atoms. The summed E-state index contributed by atoms with van der Waals surface area (Å²) >= 11 is 0. The van der Waals surface area contributed by atoms with E-state index in [0.29, 0.717) is 25.1 Å². The lowest BCUT2D eigenvalue weighted by Crippen LogP contribution is -2.45. The van der Waals surface area contributed by atoms with Crippen LogP contribution in [0.3, 0.4) is 0 Å². The second-order valence-electron chi connectivity index (χ2n) is 7.25. The van der Waals surface area contributed by atoms with Gasteiger partial charge in [-0.15, -0.1) is 0 Å². The fraction of sp³-hybridized carbons (Fsp3) is 0.611. The van der Waals surface area contributed by atoms with E-state index in [-0.39, 0.29) is 29.3 Å². The van der Waals surface area contributed by atoms with Gasteiger partial charge in [-0.2, -0.15) is 14.5 Å². The van der Waals surface area contributed by atoms with Crippen LogP contribution in [0, 0.1) is 12.8 Å². The van der Waals surface area contributed by atoms with Gasteiger partial charge in [-0.3, -0.25) is 14.2 Å². The highest BCUT2D eigenvalue weighted by Gasteiger charge is 2.35. The Labute approximate surface area is 165 Å². The number of amides is 1. The average molecular weight is 409 g/mol. The third-order valence-corrected chi connectivity index (χ3v) is 7.32. The van der Waals surface area contributed by atoms with E-state index in [1.54, 1.807) is 14.0 Å². The minimum Gasteiger partial charge on any atom is -0.348 e. The van der Waals surface area contributed by atoms with Gasteiger partial charge in [-0.25, -0.2) is 8.42 Å². The Hall–Kier alpha value is -2.20. The van der Waals surface area contributed by atoms with Crippen LogP contribution in [-0.4, -0.2) is 51.3 Å². The van der Waals surface area contributed by atoms with Crippen LogP contribution < -0.4 is 5.32 Å². The van der Waals surface area contributed by atoms with Gasteiger partial charge in [0.1, 0.15) is 4.90 Å². The van der Waals surface area contributed by atoms with Gasteiger partial charge in [0.05, 0.1) is 29.5 Å². The largest absolute Gasteiger partial charge is 0.348 e. The maximum absolute atomic E-state index is 13.0. The van der Waals surface area contributed by atoms with Gasteiger partial charge in [0.15, 0.2) is 0 Å². The van der Waals surface area contributed by atoms with E-state index < -0.39 is 10.0 Å².